The molecule has 8 heteroatoms. The number of imide groups is 1. The third kappa shape index (κ3) is 2.27. The van der Waals surface area contributed by atoms with Crippen LogP contribution in [0, 0.1) is 0 Å². The Balaban J connectivity index is 2.62. The quantitative estimate of drug-likeness (QED) is 0.841. The molecule has 1 aliphatic heterocycles. The number of carbonyl (C=O) groups excluding carboxylic acids is 2. The lowest BCUT2D eigenvalue weighted by atomic mass is 10.1. The van der Waals surface area contributed by atoms with Gasteiger partial charge in [-0.25, -0.2) is 9.69 Å². The van der Waals surface area contributed by atoms with E-state index in [2.05, 4.69) is 0 Å². The first-order chi connectivity index (χ1) is 9.21. The maximum atomic E-state index is 12.6. The van der Waals surface area contributed by atoms with E-state index in [-0.39, 0.29) is 0 Å². The molecular formula is C12H6F3NO4. The molecule has 0 unspecified atom stereocenters. The summed E-state index contributed by atoms with van der Waals surface area (Å²) in [5.41, 5.74) is -2.32. The van der Waals surface area contributed by atoms with Gasteiger partial charge in [0.1, 0.15) is 0 Å². The van der Waals surface area contributed by atoms with Crippen molar-refractivity contribution in [2.45, 2.75) is 6.18 Å². The summed E-state index contributed by atoms with van der Waals surface area (Å²) in [5, 5.41) is 8.94. The fourth-order valence-corrected chi connectivity index (χ4v) is 1.71. The smallest absolute Gasteiger partial charge is 0.416 e. The van der Waals surface area contributed by atoms with Crippen LogP contribution in [0.1, 0.15) is 15.9 Å². The molecule has 2 rings (SSSR count). The first kappa shape index (κ1) is 13.8. The van der Waals surface area contributed by atoms with Crippen molar-refractivity contribution in [1.29, 1.82) is 0 Å². The van der Waals surface area contributed by atoms with Crippen LogP contribution < -0.4 is 4.90 Å². The molecule has 0 spiro atoms. The molecule has 2 amide bonds. The predicted molar refractivity (Wildman–Crippen MR) is 60.0 cm³/mol. The fraction of sp³-hybridized carbons (Fsp3) is 0.0833. The Hall–Kier alpha value is -2.64. The third-order valence-corrected chi connectivity index (χ3v) is 2.61. The zero-order valence-corrected chi connectivity index (χ0v) is 9.64. The molecule has 104 valence electrons. The zero-order valence-electron chi connectivity index (χ0n) is 9.64. The Morgan fingerprint density at radius 3 is 2.10 bits per heavy atom. The second-order valence-corrected chi connectivity index (χ2v) is 3.88. The summed E-state index contributed by atoms with van der Waals surface area (Å²) in [6.45, 7) is 0. The van der Waals surface area contributed by atoms with Gasteiger partial charge in [0, 0.05) is 12.2 Å². The van der Waals surface area contributed by atoms with Gasteiger partial charge in [-0.15, -0.1) is 0 Å². The van der Waals surface area contributed by atoms with Crippen LogP contribution in [-0.4, -0.2) is 22.9 Å². The van der Waals surface area contributed by atoms with E-state index in [4.69, 9.17) is 5.11 Å². The van der Waals surface area contributed by atoms with Crippen LogP contribution in [0.3, 0.4) is 0 Å². The lowest BCUT2D eigenvalue weighted by molar-refractivity contribution is -0.137. The molecule has 0 fully saturated rings. The summed E-state index contributed by atoms with van der Waals surface area (Å²) in [6, 6.07) is 1.75. The number of benzene rings is 1. The maximum Gasteiger partial charge on any atom is 0.416 e. The Morgan fingerprint density at radius 1 is 1.10 bits per heavy atom. The number of halogens is 3. The van der Waals surface area contributed by atoms with Crippen LogP contribution in [0.2, 0.25) is 0 Å². The van der Waals surface area contributed by atoms with Crippen LogP contribution in [0.25, 0.3) is 0 Å². The molecule has 0 radical (unpaired) electrons. The molecule has 1 aromatic carbocycles. The molecule has 0 atom stereocenters. The van der Waals surface area contributed by atoms with E-state index in [0.29, 0.717) is 23.1 Å². The van der Waals surface area contributed by atoms with E-state index >= 15 is 0 Å². The molecule has 20 heavy (non-hydrogen) atoms. The van der Waals surface area contributed by atoms with Gasteiger partial charge in [-0.2, -0.15) is 13.2 Å². The molecule has 5 nitrogen and oxygen atoms in total. The Morgan fingerprint density at radius 2 is 1.65 bits per heavy atom. The summed E-state index contributed by atoms with van der Waals surface area (Å²) in [7, 11) is 0. The van der Waals surface area contributed by atoms with E-state index < -0.39 is 40.8 Å². The Bertz CT molecular complexity index is 631. The van der Waals surface area contributed by atoms with Gasteiger partial charge in [0.05, 0.1) is 16.8 Å². The van der Waals surface area contributed by atoms with Crippen molar-refractivity contribution in [3.63, 3.8) is 0 Å². The van der Waals surface area contributed by atoms with E-state index in [0.717, 1.165) is 12.2 Å². The Labute approximate surface area is 109 Å². The van der Waals surface area contributed by atoms with Crippen molar-refractivity contribution < 1.29 is 32.7 Å². The predicted octanol–water partition coefficient (Wildman–Crippen LogP) is 1.83. The minimum atomic E-state index is -4.72. The first-order valence-electron chi connectivity index (χ1n) is 5.22. The van der Waals surface area contributed by atoms with Crippen LogP contribution in [0.5, 0.6) is 0 Å². The number of hydrogen-bond acceptors (Lipinski definition) is 3. The van der Waals surface area contributed by atoms with E-state index in [1.807, 2.05) is 0 Å². The van der Waals surface area contributed by atoms with Gasteiger partial charge >= 0.3 is 12.1 Å². The van der Waals surface area contributed by atoms with Gasteiger partial charge in [-0.05, 0) is 18.2 Å². The highest BCUT2D eigenvalue weighted by Gasteiger charge is 2.35. The molecule has 1 aromatic rings. The molecule has 0 saturated carbocycles. The SMILES string of the molecule is O=C(O)c1ccc(C(F)(F)F)cc1N1C(=O)C=CC1=O. The zero-order chi connectivity index (χ0) is 15.1. The van der Waals surface area contributed by atoms with Crippen molar-refractivity contribution in [3.05, 3.63) is 41.5 Å². The topological polar surface area (TPSA) is 74.7 Å². The lowest BCUT2D eigenvalue weighted by Crippen LogP contribution is -2.31. The minimum absolute atomic E-state index is 0.388. The van der Waals surface area contributed by atoms with Gasteiger partial charge in [-0.3, -0.25) is 9.59 Å². The van der Waals surface area contributed by atoms with Gasteiger partial charge in [-0.1, -0.05) is 0 Å². The molecule has 1 aliphatic rings. The summed E-state index contributed by atoms with van der Waals surface area (Å²) in [4.78, 5) is 34.3. The van der Waals surface area contributed by atoms with E-state index in [1.54, 1.807) is 0 Å². The Kier molecular flexibility index (Phi) is 3.09. The average Bonchev–Trinajstić information content (AvgIpc) is 2.67. The van der Waals surface area contributed by atoms with Crippen molar-refractivity contribution >= 4 is 23.5 Å². The number of rotatable bonds is 2. The highest BCUT2D eigenvalue weighted by atomic mass is 19.4. The highest BCUT2D eigenvalue weighted by Crippen LogP contribution is 2.34. The van der Waals surface area contributed by atoms with Crippen molar-refractivity contribution in [2.75, 3.05) is 4.90 Å². The fourth-order valence-electron chi connectivity index (χ4n) is 1.71. The number of anilines is 1. The molecule has 0 saturated heterocycles. The first-order valence-corrected chi connectivity index (χ1v) is 5.22. The van der Waals surface area contributed by atoms with E-state index in [1.165, 1.54) is 0 Å². The van der Waals surface area contributed by atoms with Crippen molar-refractivity contribution in [1.82, 2.24) is 0 Å². The number of carboxylic acid groups (broad SMARTS) is 1. The van der Waals surface area contributed by atoms with Crippen molar-refractivity contribution in [3.8, 4) is 0 Å². The maximum absolute atomic E-state index is 12.6. The van der Waals surface area contributed by atoms with Crippen LogP contribution in [0.15, 0.2) is 30.4 Å². The molecule has 0 aromatic heterocycles. The number of alkyl halides is 3. The van der Waals surface area contributed by atoms with Gasteiger partial charge in [0.15, 0.2) is 0 Å². The van der Waals surface area contributed by atoms with Crippen LogP contribution in [-0.2, 0) is 15.8 Å². The molecule has 1 heterocycles. The lowest BCUT2D eigenvalue weighted by Gasteiger charge is -2.18. The molecule has 0 aliphatic carbocycles. The summed E-state index contributed by atoms with van der Waals surface area (Å²) >= 11 is 0. The second-order valence-electron chi connectivity index (χ2n) is 3.88. The monoisotopic (exact) mass is 285 g/mol. The van der Waals surface area contributed by atoms with E-state index in [9.17, 15) is 27.6 Å². The standard InChI is InChI=1S/C12H6F3NO4/c13-12(14,15)6-1-2-7(11(19)20)8(5-6)16-9(17)3-4-10(16)18/h1-5H,(H,19,20). The minimum Gasteiger partial charge on any atom is -0.478 e. The van der Waals surface area contributed by atoms with Crippen LogP contribution in [0.4, 0.5) is 18.9 Å². The van der Waals surface area contributed by atoms with Crippen LogP contribution >= 0.6 is 0 Å². The number of carbonyl (C=O) groups is 3. The second kappa shape index (κ2) is 4.48. The summed E-state index contributed by atoms with van der Waals surface area (Å²) < 4.78 is 37.9. The number of amides is 2. The average molecular weight is 285 g/mol. The number of hydrogen-bond donors (Lipinski definition) is 1. The van der Waals surface area contributed by atoms with Crippen molar-refractivity contribution in [2.24, 2.45) is 0 Å². The third-order valence-electron chi connectivity index (χ3n) is 2.61. The summed E-state index contributed by atoms with van der Waals surface area (Å²) in [5.74, 6) is -3.32. The number of carboxylic acids is 1. The number of aromatic carboxylic acids is 1. The highest BCUT2D eigenvalue weighted by molar-refractivity contribution is 6.29. The molecule has 1 N–H and O–H groups in total. The molecule has 0 bridgehead atoms. The van der Waals surface area contributed by atoms with Gasteiger partial charge in [0.2, 0.25) is 0 Å². The normalized spacial score (nSPS) is 15.1. The van der Waals surface area contributed by atoms with Gasteiger partial charge in [0.25, 0.3) is 11.8 Å². The number of nitrogens with zero attached hydrogens (tertiary/aromatic N) is 1. The van der Waals surface area contributed by atoms with Gasteiger partial charge < -0.3 is 5.11 Å². The summed E-state index contributed by atoms with van der Waals surface area (Å²) in [6.07, 6.45) is -3.01. The largest absolute Gasteiger partial charge is 0.478 e. The molecular weight excluding hydrogens is 279 g/mol.